The first kappa shape index (κ1) is 8.49. The molecule has 3 rings (SSSR count). The van der Waals surface area contributed by atoms with Crippen LogP contribution in [-0.2, 0) is 0 Å². The van der Waals surface area contributed by atoms with Crippen molar-refractivity contribution in [3.8, 4) is 11.5 Å². The highest BCUT2D eigenvalue weighted by molar-refractivity contribution is 6.31. The van der Waals surface area contributed by atoms with Crippen molar-refractivity contribution in [2.45, 2.75) is 0 Å². The minimum absolute atomic E-state index is 0.543. The van der Waals surface area contributed by atoms with E-state index in [4.69, 9.17) is 16.0 Å². The van der Waals surface area contributed by atoms with Gasteiger partial charge in [0.1, 0.15) is 5.52 Å². The molecule has 2 aromatic heterocycles. The van der Waals surface area contributed by atoms with E-state index in [1.165, 1.54) is 0 Å². The molecule has 15 heavy (non-hydrogen) atoms. The fourth-order valence-electron chi connectivity index (χ4n) is 1.39. The summed E-state index contributed by atoms with van der Waals surface area (Å²) < 4.78 is 5.54. The number of halogens is 1. The summed E-state index contributed by atoms with van der Waals surface area (Å²) in [5, 5.41) is 7.19. The number of nitrogens with zero attached hydrogens (tertiary/aromatic N) is 2. The van der Waals surface area contributed by atoms with Crippen LogP contribution in [0.4, 0.5) is 0 Å². The number of aromatic nitrogens is 3. The Kier molecular flexibility index (Phi) is 1.76. The van der Waals surface area contributed by atoms with Crippen LogP contribution in [0.1, 0.15) is 0 Å². The molecular weight excluding hydrogens is 214 g/mol. The Labute approximate surface area is 89.9 Å². The lowest BCUT2D eigenvalue weighted by Crippen LogP contribution is -1.71. The Balaban J connectivity index is 2.22. The zero-order valence-corrected chi connectivity index (χ0v) is 8.32. The number of benzene rings is 1. The second kappa shape index (κ2) is 3.10. The van der Waals surface area contributed by atoms with Gasteiger partial charge >= 0.3 is 0 Å². The number of hydrogen-bond acceptors (Lipinski definition) is 3. The Morgan fingerprint density at radius 3 is 3.07 bits per heavy atom. The van der Waals surface area contributed by atoms with Crippen molar-refractivity contribution in [3.05, 3.63) is 35.6 Å². The van der Waals surface area contributed by atoms with Crippen molar-refractivity contribution in [2.24, 2.45) is 0 Å². The molecule has 0 saturated heterocycles. The topological polar surface area (TPSA) is 54.7 Å². The van der Waals surface area contributed by atoms with Gasteiger partial charge in [0.2, 0.25) is 5.89 Å². The van der Waals surface area contributed by atoms with Gasteiger partial charge in [-0.1, -0.05) is 11.6 Å². The molecule has 74 valence electrons. The van der Waals surface area contributed by atoms with E-state index in [1.807, 2.05) is 0 Å². The van der Waals surface area contributed by atoms with E-state index in [2.05, 4.69) is 15.2 Å². The highest BCUT2D eigenvalue weighted by Crippen LogP contribution is 2.25. The first-order valence-electron chi connectivity index (χ1n) is 4.38. The molecule has 0 fully saturated rings. The fraction of sp³-hybridized carbons (Fsp3) is 0. The van der Waals surface area contributed by atoms with Crippen molar-refractivity contribution < 1.29 is 4.42 Å². The van der Waals surface area contributed by atoms with Crippen molar-refractivity contribution in [1.29, 1.82) is 0 Å². The van der Waals surface area contributed by atoms with Crippen LogP contribution in [0.2, 0.25) is 5.02 Å². The summed E-state index contributed by atoms with van der Waals surface area (Å²) in [6.45, 7) is 0. The van der Waals surface area contributed by atoms with E-state index < -0.39 is 0 Å². The normalized spacial score (nSPS) is 11.0. The molecule has 0 saturated carbocycles. The molecule has 0 spiro atoms. The van der Waals surface area contributed by atoms with Gasteiger partial charge in [-0.2, -0.15) is 5.10 Å². The minimum atomic E-state index is 0.543. The van der Waals surface area contributed by atoms with Crippen molar-refractivity contribution in [2.75, 3.05) is 0 Å². The SMILES string of the molecule is Clc1ccc2oc(-c3cn[nH]c3)nc2c1. The van der Waals surface area contributed by atoms with Gasteiger partial charge in [-0.05, 0) is 18.2 Å². The number of H-pyrrole nitrogens is 1. The Morgan fingerprint density at radius 1 is 1.33 bits per heavy atom. The van der Waals surface area contributed by atoms with Gasteiger partial charge in [-0.25, -0.2) is 4.98 Å². The highest BCUT2D eigenvalue weighted by atomic mass is 35.5. The molecule has 0 bridgehead atoms. The average molecular weight is 220 g/mol. The van der Waals surface area contributed by atoms with Gasteiger partial charge in [-0.3, -0.25) is 5.10 Å². The lowest BCUT2D eigenvalue weighted by Gasteiger charge is -1.85. The quantitative estimate of drug-likeness (QED) is 0.685. The van der Waals surface area contributed by atoms with Gasteiger partial charge in [-0.15, -0.1) is 0 Å². The lowest BCUT2D eigenvalue weighted by molar-refractivity contribution is 0.620. The van der Waals surface area contributed by atoms with E-state index in [-0.39, 0.29) is 0 Å². The third-order valence-corrected chi connectivity index (χ3v) is 2.33. The summed E-state index contributed by atoms with van der Waals surface area (Å²) in [4.78, 5) is 4.30. The molecule has 0 aliphatic rings. The van der Waals surface area contributed by atoms with Crippen molar-refractivity contribution in [3.63, 3.8) is 0 Å². The first-order valence-corrected chi connectivity index (χ1v) is 4.76. The van der Waals surface area contributed by atoms with E-state index >= 15 is 0 Å². The zero-order valence-electron chi connectivity index (χ0n) is 7.57. The third-order valence-electron chi connectivity index (χ3n) is 2.09. The molecule has 3 aromatic rings. The van der Waals surface area contributed by atoms with Crippen LogP contribution in [0.25, 0.3) is 22.6 Å². The Hall–Kier alpha value is -1.81. The highest BCUT2D eigenvalue weighted by Gasteiger charge is 2.08. The maximum atomic E-state index is 5.85. The summed E-state index contributed by atoms with van der Waals surface area (Å²) in [5.74, 6) is 0.543. The minimum Gasteiger partial charge on any atom is -0.436 e. The Bertz CT molecular complexity index is 600. The van der Waals surface area contributed by atoms with E-state index in [9.17, 15) is 0 Å². The molecule has 5 heteroatoms. The molecule has 0 aliphatic carbocycles. The van der Waals surface area contributed by atoms with Gasteiger partial charge < -0.3 is 4.42 Å². The van der Waals surface area contributed by atoms with Crippen LogP contribution in [0, 0.1) is 0 Å². The van der Waals surface area contributed by atoms with Crippen LogP contribution < -0.4 is 0 Å². The fourth-order valence-corrected chi connectivity index (χ4v) is 1.56. The van der Waals surface area contributed by atoms with E-state index in [0.717, 1.165) is 16.7 Å². The van der Waals surface area contributed by atoms with Gasteiger partial charge in [0.05, 0.1) is 11.8 Å². The number of nitrogens with one attached hydrogen (secondary N) is 1. The predicted octanol–water partition coefficient (Wildman–Crippen LogP) is 2.87. The molecule has 0 atom stereocenters. The average Bonchev–Trinajstić information content (AvgIpc) is 2.84. The lowest BCUT2D eigenvalue weighted by atomic mass is 10.3. The molecule has 1 aromatic carbocycles. The van der Waals surface area contributed by atoms with Crippen LogP contribution in [0.5, 0.6) is 0 Å². The first-order chi connectivity index (χ1) is 7.33. The number of fused-ring (bicyclic) bond motifs is 1. The van der Waals surface area contributed by atoms with Gasteiger partial charge in [0, 0.05) is 11.2 Å². The monoisotopic (exact) mass is 219 g/mol. The zero-order chi connectivity index (χ0) is 10.3. The molecule has 1 N–H and O–H groups in total. The standard InChI is InChI=1S/C10H6ClN3O/c11-7-1-2-9-8(3-7)14-10(15-9)6-4-12-13-5-6/h1-5H,(H,12,13). The van der Waals surface area contributed by atoms with Crippen LogP contribution in [0.15, 0.2) is 35.0 Å². The summed E-state index contributed by atoms with van der Waals surface area (Å²) >= 11 is 5.85. The number of hydrogen-bond donors (Lipinski definition) is 1. The largest absolute Gasteiger partial charge is 0.436 e. The summed E-state index contributed by atoms with van der Waals surface area (Å²) in [5.41, 5.74) is 2.29. The Morgan fingerprint density at radius 2 is 2.27 bits per heavy atom. The van der Waals surface area contributed by atoms with Gasteiger partial charge in [0.15, 0.2) is 5.58 Å². The summed E-state index contributed by atoms with van der Waals surface area (Å²) in [7, 11) is 0. The second-order valence-electron chi connectivity index (χ2n) is 3.12. The summed E-state index contributed by atoms with van der Waals surface area (Å²) in [6, 6.07) is 5.34. The molecule has 2 heterocycles. The van der Waals surface area contributed by atoms with Crippen LogP contribution in [-0.4, -0.2) is 15.2 Å². The van der Waals surface area contributed by atoms with E-state index in [0.29, 0.717) is 10.9 Å². The maximum absolute atomic E-state index is 5.85. The maximum Gasteiger partial charge on any atom is 0.230 e. The van der Waals surface area contributed by atoms with Crippen LogP contribution in [0.3, 0.4) is 0 Å². The number of oxazole rings is 1. The smallest absolute Gasteiger partial charge is 0.230 e. The van der Waals surface area contributed by atoms with E-state index in [1.54, 1.807) is 30.6 Å². The molecule has 0 radical (unpaired) electrons. The molecule has 0 aliphatic heterocycles. The predicted molar refractivity (Wildman–Crippen MR) is 56.6 cm³/mol. The molecule has 0 amide bonds. The third kappa shape index (κ3) is 1.39. The van der Waals surface area contributed by atoms with Crippen molar-refractivity contribution >= 4 is 22.7 Å². The number of rotatable bonds is 1. The molecule has 4 nitrogen and oxygen atoms in total. The molecule has 0 unspecified atom stereocenters. The number of aromatic amines is 1. The molecular formula is C10H6ClN3O. The second-order valence-corrected chi connectivity index (χ2v) is 3.55. The van der Waals surface area contributed by atoms with Gasteiger partial charge in [0.25, 0.3) is 0 Å². The van der Waals surface area contributed by atoms with Crippen molar-refractivity contribution in [1.82, 2.24) is 15.2 Å². The summed E-state index contributed by atoms with van der Waals surface area (Å²) in [6.07, 6.45) is 3.39. The van der Waals surface area contributed by atoms with Crippen LogP contribution >= 0.6 is 11.6 Å².